The summed E-state index contributed by atoms with van der Waals surface area (Å²) in [6.07, 6.45) is 0. The minimum Gasteiger partial charge on any atom is -0.507 e. The van der Waals surface area contributed by atoms with E-state index in [0.29, 0.717) is 11.1 Å². The van der Waals surface area contributed by atoms with E-state index in [9.17, 15) is 34.7 Å². The van der Waals surface area contributed by atoms with Gasteiger partial charge < -0.3 is 15.1 Å². The summed E-state index contributed by atoms with van der Waals surface area (Å²) in [5.41, 5.74) is 2.05. The largest absolute Gasteiger partial charge is 0.507 e. The molecule has 1 aliphatic heterocycles. The fraction of sp³-hybridized carbons (Fsp3) is 0.207. The summed E-state index contributed by atoms with van der Waals surface area (Å²) in [5, 5.41) is 31.4. The Hall–Kier alpha value is -4.79. The van der Waals surface area contributed by atoms with Crippen LogP contribution in [0.5, 0.6) is 0 Å². The molecule has 3 aromatic carbocycles. The van der Waals surface area contributed by atoms with Crippen molar-refractivity contribution < 1.29 is 29.5 Å². The Balaban J connectivity index is 1.82. The summed E-state index contributed by atoms with van der Waals surface area (Å²) < 4.78 is 0. The number of aliphatic hydroxyl groups is 1. The number of hydrogen-bond acceptors (Lipinski definition) is 6. The average molecular weight is 515 g/mol. The lowest BCUT2D eigenvalue weighted by molar-refractivity contribution is -0.384. The van der Waals surface area contributed by atoms with Crippen molar-refractivity contribution in [1.82, 2.24) is 4.90 Å². The lowest BCUT2D eigenvalue weighted by Gasteiger charge is -2.26. The first-order valence-corrected chi connectivity index (χ1v) is 11.8. The van der Waals surface area contributed by atoms with Crippen LogP contribution in [0.1, 0.15) is 59.4 Å². The maximum atomic E-state index is 13.3. The van der Waals surface area contributed by atoms with Gasteiger partial charge in [-0.25, -0.2) is 4.79 Å². The van der Waals surface area contributed by atoms with Crippen LogP contribution in [-0.4, -0.2) is 37.7 Å². The number of Topliss-reactive ketones (excluding diaryl/α,β-unsaturated/α-hetero) is 1. The second kappa shape index (κ2) is 9.93. The molecule has 1 atom stereocenters. The molecule has 1 unspecified atom stereocenters. The molecule has 0 aromatic heterocycles. The van der Waals surface area contributed by atoms with Gasteiger partial charge in [0.1, 0.15) is 5.76 Å². The van der Waals surface area contributed by atoms with E-state index >= 15 is 0 Å². The number of carbonyl (C=O) groups is 3. The van der Waals surface area contributed by atoms with Crippen LogP contribution in [0.2, 0.25) is 0 Å². The Morgan fingerprint density at radius 3 is 1.95 bits per heavy atom. The third-order valence-electron chi connectivity index (χ3n) is 6.54. The maximum absolute atomic E-state index is 13.3. The molecule has 0 radical (unpaired) electrons. The summed E-state index contributed by atoms with van der Waals surface area (Å²) in [7, 11) is 0. The van der Waals surface area contributed by atoms with E-state index < -0.39 is 34.4 Å². The second-order valence-electron chi connectivity index (χ2n) is 10.1. The molecule has 2 N–H and O–H groups in total. The minimum absolute atomic E-state index is 0.00674. The maximum Gasteiger partial charge on any atom is 0.335 e. The highest BCUT2D eigenvalue weighted by molar-refractivity contribution is 6.46. The van der Waals surface area contributed by atoms with Gasteiger partial charge in [0.05, 0.1) is 22.1 Å². The highest BCUT2D eigenvalue weighted by Gasteiger charge is 2.46. The summed E-state index contributed by atoms with van der Waals surface area (Å²) in [5.74, 6) is -3.22. The Labute approximate surface area is 218 Å². The first kappa shape index (κ1) is 26.3. The van der Waals surface area contributed by atoms with Gasteiger partial charge >= 0.3 is 5.97 Å². The predicted octanol–water partition coefficient (Wildman–Crippen LogP) is 5.21. The molecule has 1 fully saturated rings. The van der Waals surface area contributed by atoms with Crippen LogP contribution < -0.4 is 0 Å². The van der Waals surface area contributed by atoms with Crippen molar-refractivity contribution in [3.05, 3.63) is 116 Å². The van der Waals surface area contributed by atoms with E-state index in [1.807, 2.05) is 12.1 Å². The zero-order valence-corrected chi connectivity index (χ0v) is 21.0. The van der Waals surface area contributed by atoms with Crippen LogP contribution in [0.25, 0.3) is 5.76 Å². The Bertz CT molecular complexity index is 1450. The number of benzene rings is 3. The topological polar surface area (TPSA) is 138 Å². The van der Waals surface area contributed by atoms with E-state index in [1.165, 1.54) is 41.3 Å². The molecule has 9 nitrogen and oxygen atoms in total. The molecule has 1 heterocycles. The molecular formula is C29H26N2O7. The molecule has 38 heavy (non-hydrogen) atoms. The number of aromatic carboxylic acids is 1. The van der Waals surface area contributed by atoms with Crippen LogP contribution >= 0.6 is 0 Å². The van der Waals surface area contributed by atoms with Crippen LogP contribution in [0.4, 0.5) is 5.69 Å². The SMILES string of the molecule is CC(C)(C)c1ccc(C2/C(=C(/O)c3ccc([N+](=O)[O-])cc3)C(=O)C(=O)N2Cc2ccc(C(=O)O)cc2)cc1. The zero-order chi connectivity index (χ0) is 27.8. The number of non-ortho nitro benzene ring substituents is 1. The molecule has 4 rings (SSSR count). The minimum atomic E-state index is -1.08. The number of carboxylic acids is 1. The van der Waals surface area contributed by atoms with Gasteiger partial charge in [-0.3, -0.25) is 19.7 Å². The van der Waals surface area contributed by atoms with E-state index in [0.717, 1.165) is 5.56 Å². The monoisotopic (exact) mass is 514 g/mol. The second-order valence-corrected chi connectivity index (χ2v) is 10.1. The number of amides is 1. The molecule has 3 aromatic rings. The van der Waals surface area contributed by atoms with Crippen molar-refractivity contribution in [2.24, 2.45) is 0 Å². The number of nitro benzene ring substituents is 1. The Morgan fingerprint density at radius 1 is 0.895 bits per heavy atom. The Kier molecular flexibility index (Phi) is 6.87. The number of ketones is 1. The van der Waals surface area contributed by atoms with Gasteiger partial charge in [0.25, 0.3) is 17.4 Å². The molecule has 1 aliphatic rings. The summed E-state index contributed by atoms with van der Waals surface area (Å²) >= 11 is 0. The molecule has 1 saturated heterocycles. The molecule has 0 bridgehead atoms. The van der Waals surface area contributed by atoms with E-state index in [-0.39, 0.29) is 34.3 Å². The molecule has 0 saturated carbocycles. The van der Waals surface area contributed by atoms with Gasteiger partial charge in [-0.15, -0.1) is 0 Å². The smallest absolute Gasteiger partial charge is 0.335 e. The van der Waals surface area contributed by atoms with Crippen molar-refractivity contribution in [3.63, 3.8) is 0 Å². The number of carbonyl (C=O) groups excluding carboxylic acids is 2. The number of hydrogen-bond donors (Lipinski definition) is 2. The molecule has 1 amide bonds. The summed E-state index contributed by atoms with van der Waals surface area (Å²) in [6, 6.07) is 17.5. The van der Waals surface area contributed by atoms with Crippen molar-refractivity contribution in [3.8, 4) is 0 Å². The predicted molar refractivity (Wildman–Crippen MR) is 139 cm³/mol. The molecule has 0 aliphatic carbocycles. The van der Waals surface area contributed by atoms with Crippen LogP contribution in [0.3, 0.4) is 0 Å². The lowest BCUT2D eigenvalue weighted by Crippen LogP contribution is -2.29. The summed E-state index contributed by atoms with van der Waals surface area (Å²) in [4.78, 5) is 49.5. The first-order chi connectivity index (χ1) is 17.9. The average Bonchev–Trinajstić information content (AvgIpc) is 3.13. The van der Waals surface area contributed by atoms with Gasteiger partial charge in [0.15, 0.2) is 0 Å². The van der Waals surface area contributed by atoms with Crippen LogP contribution in [0, 0.1) is 10.1 Å². The van der Waals surface area contributed by atoms with Gasteiger partial charge in [0, 0.05) is 24.2 Å². The number of likely N-dealkylation sites (tertiary alicyclic amines) is 1. The number of carboxylic acid groups (broad SMARTS) is 1. The van der Waals surface area contributed by atoms with Gasteiger partial charge in [-0.1, -0.05) is 57.2 Å². The van der Waals surface area contributed by atoms with Crippen molar-refractivity contribution in [1.29, 1.82) is 0 Å². The molecular weight excluding hydrogens is 488 g/mol. The van der Waals surface area contributed by atoms with Crippen molar-refractivity contribution in [2.45, 2.75) is 38.8 Å². The van der Waals surface area contributed by atoms with E-state index in [1.54, 1.807) is 24.3 Å². The van der Waals surface area contributed by atoms with E-state index in [4.69, 9.17) is 0 Å². The van der Waals surface area contributed by atoms with E-state index in [2.05, 4.69) is 20.8 Å². The lowest BCUT2D eigenvalue weighted by atomic mass is 9.85. The van der Waals surface area contributed by atoms with Gasteiger partial charge in [0.2, 0.25) is 0 Å². The number of rotatable bonds is 6. The zero-order valence-electron chi connectivity index (χ0n) is 21.0. The number of nitro groups is 1. The highest BCUT2D eigenvalue weighted by atomic mass is 16.6. The van der Waals surface area contributed by atoms with Gasteiger partial charge in [-0.05, 0) is 46.4 Å². The third kappa shape index (κ3) is 5.04. The Morgan fingerprint density at radius 2 is 1.45 bits per heavy atom. The standard InChI is InChI=1S/C29H26N2O7/c1-29(2,3)21-12-8-18(9-13-21)24-23(25(32)19-10-14-22(15-11-19)31(37)38)26(33)27(34)30(24)16-17-4-6-20(7-5-17)28(35)36/h4-15,24,32H,16H2,1-3H3,(H,35,36)/b25-23-. The summed E-state index contributed by atoms with van der Waals surface area (Å²) in [6.45, 7) is 6.17. The highest BCUT2D eigenvalue weighted by Crippen LogP contribution is 2.41. The number of nitrogens with zero attached hydrogens (tertiary/aromatic N) is 2. The fourth-order valence-electron chi connectivity index (χ4n) is 4.40. The first-order valence-electron chi connectivity index (χ1n) is 11.8. The van der Waals surface area contributed by atoms with Crippen LogP contribution in [-0.2, 0) is 21.5 Å². The molecule has 0 spiro atoms. The molecule has 9 heteroatoms. The van der Waals surface area contributed by atoms with Crippen molar-refractivity contribution in [2.75, 3.05) is 0 Å². The number of aliphatic hydroxyl groups excluding tert-OH is 1. The quantitative estimate of drug-likeness (QED) is 0.151. The third-order valence-corrected chi connectivity index (χ3v) is 6.54. The fourth-order valence-corrected chi connectivity index (χ4v) is 4.40. The van der Waals surface area contributed by atoms with Crippen molar-refractivity contribution >= 4 is 29.1 Å². The van der Waals surface area contributed by atoms with Crippen LogP contribution in [0.15, 0.2) is 78.4 Å². The normalized spacial score (nSPS) is 17.0. The van der Waals surface area contributed by atoms with Gasteiger partial charge in [-0.2, -0.15) is 0 Å². The molecule has 194 valence electrons.